The van der Waals surface area contributed by atoms with Gasteiger partial charge in [-0.3, -0.25) is 0 Å². The zero-order valence-electron chi connectivity index (χ0n) is 11.9. The molecule has 1 rings (SSSR count). The lowest BCUT2D eigenvalue weighted by molar-refractivity contribution is 0.387. The van der Waals surface area contributed by atoms with E-state index in [4.69, 9.17) is 4.74 Å². The molecule has 1 atom stereocenters. The minimum atomic E-state index is 0.651. The molecule has 1 fully saturated rings. The van der Waals surface area contributed by atoms with Gasteiger partial charge < -0.3 is 4.74 Å². The molecule has 102 valence electrons. The molecule has 1 heteroatoms. The van der Waals surface area contributed by atoms with Gasteiger partial charge in [0, 0.05) is 0 Å². The molecular formula is C16H32O. The van der Waals surface area contributed by atoms with Crippen molar-refractivity contribution in [2.24, 2.45) is 0 Å². The zero-order chi connectivity index (χ0) is 12.2. The van der Waals surface area contributed by atoms with Crippen molar-refractivity contribution in [1.82, 2.24) is 0 Å². The van der Waals surface area contributed by atoms with Crippen LogP contribution >= 0.6 is 0 Å². The molecule has 0 spiro atoms. The van der Waals surface area contributed by atoms with E-state index in [2.05, 4.69) is 6.92 Å². The minimum absolute atomic E-state index is 0.651. The second-order valence-electron chi connectivity index (χ2n) is 5.63. The van der Waals surface area contributed by atoms with Crippen LogP contribution in [0.25, 0.3) is 0 Å². The van der Waals surface area contributed by atoms with Crippen molar-refractivity contribution in [3.05, 3.63) is 0 Å². The summed E-state index contributed by atoms with van der Waals surface area (Å²) in [6.45, 7) is 3.33. The highest BCUT2D eigenvalue weighted by molar-refractivity contribution is 4.68. The second-order valence-corrected chi connectivity index (χ2v) is 5.63. The van der Waals surface area contributed by atoms with Gasteiger partial charge in [0.05, 0.1) is 12.7 Å². The highest BCUT2D eigenvalue weighted by atomic mass is 16.6. The zero-order valence-corrected chi connectivity index (χ0v) is 11.9. The molecule has 17 heavy (non-hydrogen) atoms. The Kier molecular flexibility index (Phi) is 9.78. The van der Waals surface area contributed by atoms with Crippen molar-refractivity contribution in [3.8, 4) is 0 Å². The predicted octanol–water partition coefficient (Wildman–Crippen LogP) is 5.48. The molecule has 0 amide bonds. The summed E-state index contributed by atoms with van der Waals surface area (Å²) in [6, 6.07) is 0. The number of epoxide rings is 1. The fourth-order valence-corrected chi connectivity index (χ4v) is 2.45. The van der Waals surface area contributed by atoms with Gasteiger partial charge in [0.2, 0.25) is 0 Å². The van der Waals surface area contributed by atoms with E-state index in [-0.39, 0.29) is 0 Å². The summed E-state index contributed by atoms with van der Waals surface area (Å²) < 4.78 is 5.21. The van der Waals surface area contributed by atoms with Crippen LogP contribution in [0.1, 0.15) is 90.4 Å². The first-order chi connectivity index (χ1) is 8.43. The third-order valence-corrected chi connectivity index (χ3v) is 3.78. The largest absolute Gasteiger partial charge is 0.373 e. The van der Waals surface area contributed by atoms with Crippen LogP contribution in [0.3, 0.4) is 0 Å². The lowest BCUT2D eigenvalue weighted by atomic mass is 10.0. The first-order valence-corrected chi connectivity index (χ1v) is 8.05. The van der Waals surface area contributed by atoms with Crippen LogP contribution in [0, 0.1) is 0 Å². The average Bonchev–Trinajstić information content (AvgIpc) is 3.15. The quantitative estimate of drug-likeness (QED) is 0.307. The lowest BCUT2D eigenvalue weighted by Gasteiger charge is -2.02. The number of hydrogen-bond donors (Lipinski definition) is 0. The van der Waals surface area contributed by atoms with Crippen molar-refractivity contribution < 1.29 is 4.74 Å². The van der Waals surface area contributed by atoms with Crippen LogP contribution in [0.4, 0.5) is 0 Å². The third-order valence-electron chi connectivity index (χ3n) is 3.78. The van der Waals surface area contributed by atoms with Crippen LogP contribution in [-0.2, 0) is 4.74 Å². The molecule has 0 bridgehead atoms. The number of unbranched alkanes of at least 4 members (excludes halogenated alkanes) is 11. The Labute approximate surface area is 108 Å². The van der Waals surface area contributed by atoms with E-state index in [1.165, 1.54) is 83.5 Å². The van der Waals surface area contributed by atoms with E-state index < -0.39 is 0 Å². The minimum Gasteiger partial charge on any atom is -0.373 e. The van der Waals surface area contributed by atoms with Gasteiger partial charge in [-0.05, 0) is 6.42 Å². The van der Waals surface area contributed by atoms with E-state index in [1.54, 1.807) is 0 Å². The molecule has 0 unspecified atom stereocenters. The molecule has 0 radical (unpaired) electrons. The van der Waals surface area contributed by atoms with E-state index in [0.717, 1.165) is 6.61 Å². The molecule has 1 aliphatic heterocycles. The van der Waals surface area contributed by atoms with Crippen molar-refractivity contribution in [2.75, 3.05) is 6.61 Å². The van der Waals surface area contributed by atoms with Crippen LogP contribution in [-0.4, -0.2) is 12.7 Å². The van der Waals surface area contributed by atoms with Crippen molar-refractivity contribution in [2.45, 2.75) is 96.5 Å². The van der Waals surface area contributed by atoms with E-state index in [1.807, 2.05) is 0 Å². The van der Waals surface area contributed by atoms with Gasteiger partial charge >= 0.3 is 0 Å². The van der Waals surface area contributed by atoms with Crippen LogP contribution in [0.2, 0.25) is 0 Å². The number of rotatable bonds is 13. The summed E-state index contributed by atoms with van der Waals surface area (Å²) in [6.07, 6.45) is 19.3. The Bertz CT molecular complexity index is 152. The fraction of sp³-hybridized carbons (Fsp3) is 1.00. The van der Waals surface area contributed by atoms with Gasteiger partial charge in [-0.2, -0.15) is 0 Å². The molecule has 0 aromatic heterocycles. The summed E-state index contributed by atoms with van der Waals surface area (Å²) in [7, 11) is 0. The van der Waals surface area contributed by atoms with Crippen LogP contribution < -0.4 is 0 Å². The van der Waals surface area contributed by atoms with Gasteiger partial charge in [0.1, 0.15) is 0 Å². The highest BCUT2D eigenvalue weighted by Crippen LogP contribution is 2.18. The summed E-state index contributed by atoms with van der Waals surface area (Å²) in [4.78, 5) is 0. The monoisotopic (exact) mass is 240 g/mol. The van der Waals surface area contributed by atoms with E-state index >= 15 is 0 Å². The van der Waals surface area contributed by atoms with Crippen molar-refractivity contribution >= 4 is 0 Å². The maximum atomic E-state index is 5.21. The Morgan fingerprint density at radius 1 is 0.706 bits per heavy atom. The highest BCUT2D eigenvalue weighted by Gasteiger charge is 2.20. The SMILES string of the molecule is CCCCCCCCCCCCCC[C@@H]1CO1. The Hall–Kier alpha value is -0.0400. The Balaban J connectivity index is 1.61. The predicted molar refractivity (Wildman–Crippen MR) is 75.4 cm³/mol. The molecule has 1 aliphatic rings. The topological polar surface area (TPSA) is 12.5 Å². The van der Waals surface area contributed by atoms with Crippen molar-refractivity contribution in [3.63, 3.8) is 0 Å². The van der Waals surface area contributed by atoms with Crippen LogP contribution in [0.5, 0.6) is 0 Å². The van der Waals surface area contributed by atoms with Gasteiger partial charge in [-0.25, -0.2) is 0 Å². The lowest BCUT2D eigenvalue weighted by Crippen LogP contribution is -1.86. The Morgan fingerprint density at radius 2 is 1.12 bits per heavy atom. The summed E-state index contributed by atoms with van der Waals surface area (Å²) >= 11 is 0. The van der Waals surface area contributed by atoms with E-state index in [9.17, 15) is 0 Å². The molecule has 0 N–H and O–H groups in total. The second kappa shape index (κ2) is 11.1. The average molecular weight is 240 g/mol. The molecule has 0 aliphatic carbocycles. The summed E-state index contributed by atoms with van der Waals surface area (Å²) in [5, 5.41) is 0. The van der Waals surface area contributed by atoms with Gasteiger partial charge in [0.15, 0.2) is 0 Å². The van der Waals surface area contributed by atoms with E-state index in [0.29, 0.717) is 6.10 Å². The van der Waals surface area contributed by atoms with Crippen LogP contribution in [0.15, 0.2) is 0 Å². The standard InChI is InChI=1S/C16H32O/c1-2-3-4-5-6-7-8-9-10-11-12-13-14-16-15-17-16/h16H,2-15H2,1H3/t16-/m1/s1. The molecule has 0 aromatic carbocycles. The molecule has 0 saturated carbocycles. The van der Waals surface area contributed by atoms with Crippen molar-refractivity contribution in [1.29, 1.82) is 0 Å². The summed E-state index contributed by atoms with van der Waals surface area (Å²) in [5.41, 5.74) is 0. The fourth-order valence-electron chi connectivity index (χ4n) is 2.45. The molecule has 1 saturated heterocycles. The van der Waals surface area contributed by atoms with Gasteiger partial charge in [-0.1, -0.05) is 84.0 Å². The number of ether oxygens (including phenoxy) is 1. The molecule has 1 nitrogen and oxygen atoms in total. The molecular weight excluding hydrogens is 208 g/mol. The maximum Gasteiger partial charge on any atom is 0.0810 e. The molecule has 1 heterocycles. The smallest absolute Gasteiger partial charge is 0.0810 e. The molecule has 0 aromatic rings. The van der Waals surface area contributed by atoms with Gasteiger partial charge in [0.25, 0.3) is 0 Å². The maximum absolute atomic E-state index is 5.21. The van der Waals surface area contributed by atoms with Gasteiger partial charge in [-0.15, -0.1) is 0 Å². The first-order valence-electron chi connectivity index (χ1n) is 8.05. The summed E-state index contributed by atoms with van der Waals surface area (Å²) in [5.74, 6) is 0. The third kappa shape index (κ3) is 10.8. The normalized spacial score (nSPS) is 18.5. The Morgan fingerprint density at radius 3 is 1.53 bits per heavy atom. The first kappa shape index (κ1) is 15.0. The number of hydrogen-bond acceptors (Lipinski definition) is 1.